The van der Waals surface area contributed by atoms with Crippen molar-refractivity contribution < 1.29 is 14.2 Å². The summed E-state index contributed by atoms with van der Waals surface area (Å²) in [6, 6.07) is 0. The maximum atomic E-state index is 5.81. The fourth-order valence-electron chi connectivity index (χ4n) is 2.16. The number of ether oxygens (including phenoxy) is 3. The van der Waals surface area contributed by atoms with E-state index in [-0.39, 0.29) is 12.2 Å². The molecule has 2 fully saturated rings. The number of hydrogen-bond acceptors (Lipinski definition) is 4. The highest BCUT2D eigenvalue weighted by Gasteiger charge is 2.25. The predicted molar refractivity (Wildman–Crippen MR) is 56.7 cm³/mol. The van der Waals surface area contributed by atoms with E-state index in [2.05, 4.69) is 0 Å². The first-order chi connectivity index (χ1) is 7.38. The molecular formula is C11H21NO3. The van der Waals surface area contributed by atoms with E-state index in [1.165, 1.54) is 0 Å². The summed E-state index contributed by atoms with van der Waals surface area (Å²) in [4.78, 5) is 0. The van der Waals surface area contributed by atoms with Gasteiger partial charge >= 0.3 is 0 Å². The van der Waals surface area contributed by atoms with E-state index >= 15 is 0 Å². The van der Waals surface area contributed by atoms with Gasteiger partial charge in [0.2, 0.25) is 0 Å². The van der Waals surface area contributed by atoms with E-state index in [1.54, 1.807) is 0 Å². The quantitative estimate of drug-likeness (QED) is 0.749. The summed E-state index contributed by atoms with van der Waals surface area (Å²) in [7, 11) is 0. The average Bonchev–Trinajstić information content (AvgIpc) is 2.76. The van der Waals surface area contributed by atoms with Crippen LogP contribution in [0.2, 0.25) is 0 Å². The van der Waals surface area contributed by atoms with Gasteiger partial charge in [0.25, 0.3) is 0 Å². The lowest BCUT2D eigenvalue weighted by Gasteiger charge is -2.24. The van der Waals surface area contributed by atoms with Crippen LogP contribution in [0.3, 0.4) is 0 Å². The minimum atomic E-state index is 0.258. The first-order valence-corrected chi connectivity index (χ1v) is 5.93. The van der Waals surface area contributed by atoms with Crippen LogP contribution in [-0.4, -0.2) is 44.7 Å². The van der Waals surface area contributed by atoms with Crippen LogP contribution in [0.15, 0.2) is 0 Å². The second-order valence-electron chi connectivity index (χ2n) is 4.34. The summed E-state index contributed by atoms with van der Waals surface area (Å²) in [5, 5.41) is 0. The van der Waals surface area contributed by atoms with Gasteiger partial charge in [-0.3, -0.25) is 0 Å². The lowest BCUT2D eigenvalue weighted by molar-refractivity contribution is -0.0725. The Labute approximate surface area is 91.1 Å². The Kier molecular flexibility index (Phi) is 4.38. The van der Waals surface area contributed by atoms with Crippen molar-refractivity contribution in [3.8, 4) is 0 Å². The summed E-state index contributed by atoms with van der Waals surface area (Å²) < 4.78 is 16.8. The summed E-state index contributed by atoms with van der Waals surface area (Å²) in [6.07, 6.45) is 5.11. The van der Waals surface area contributed by atoms with Gasteiger partial charge in [-0.2, -0.15) is 0 Å². The van der Waals surface area contributed by atoms with Crippen molar-refractivity contribution in [2.75, 3.05) is 26.4 Å². The van der Waals surface area contributed by atoms with Gasteiger partial charge in [0.05, 0.1) is 24.9 Å². The molecule has 0 amide bonds. The molecule has 2 saturated heterocycles. The molecule has 0 radical (unpaired) electrons. The highest BCUT2D eigenvalue weighted by atomic mass is 16.6. The molecule has 0 aromatic heterocycles. The van der Waals surface area contributed by atoms with E-state index in [0.29, 0.717) is 12.6 Å². The summed E-state index contributed by atoms with van der Waals surface area (Å²) >= 11 is 0. The Morgan fingerprint density at radius 1 is 1.07 bits per heavy atom. The lowest BCUT2D eigenvalue weighted by atomic mass is 10.1. The monoisotopic (exact) mass is 215 g/mol. The van der Waals surface area contributed by atoms with Crippen molar-refractivity contribution >= 4 is 0 Å². The van der Waals surface area contributed by atoms with Crippen LogP contribution in [0, 0.1) is 0 Å². The highest BCUT2D eigenvalue weighted by Crippen LogP contribution is 2.20. The molecule has 0 aromatic rings. The molecule has 0 saturated carbocycles. The minimum Gasteiger partial charge on any atom is -0.381 e. The normalized spacial score (nSPS) is 33.4. The SMILES string of the molecule is NCC1CCC(COC2CCOCC2)O1. The average molecular weight is 215 g/mol. The smallest absolute Gasteiger partial charge is 0.0814 e. The van der Waals surface area contributed by atoms with Crippen molar-refractivity contribution in [2.24, 2.45) is 5.73 Å². The fraction of sp³-hybridized carbons (Fsp3) is 1.00. The largest absolute Gasteiger partial charge is 0.381 e. The van der Waals surface area contributed by atoms with E-state index < -0.39 is 0 Å². The molecule has 2 rings (SSSR count). The maximum absolute atomic E-state index is 5.81. The van der Waals surface area contributed by atoms with Crippen LogP contribution in [-0.2, 0) is 14.2 Å². The molecule has 0 spiro atoms. The lowest BCUT2D eigenvalue weighted by Crippen LogP contribution is -2.28. The Morgan fingerprint density at radius 3 is 2.47 bits per heavy atom. The van der Waals surface area contributed by atoms with Crippen LogP contribution < -0.4 is 5.73 Å². The van der Waals surface area contributed by atoms with Crippen LogP contribution in [0.5, 0.6) is 0 Å². The van der Waals surface area contributed by atoms with Gasteiger partial charge in [-0.1, -0.05) is 0 Å². The Hall–Kier alpha value is -0.160. The molecule has 0 aromatic carbocycles. The first kappa shape index (κ1) is 11.3. The zero-order valence-electron chi connectivity index (χ0n) is 9.19. The van der Waals surface area contributed by atoms with Crippen LogP contribution >= 0.6 is 0 Å². The first-order valence-electron chi connectivity index (χ1n) is 5.93. The zero-order chi connectivity index (χ0) is 10.5. The second kappa shape index (κ2) is 5.80. The standard InChI is InChI=1S/C11H21NO3/c12-7-10-1-2-11(15-10)8-14-9-3-5-13-6-4-9/h9-11H,1-8,12H2. The molecule has 0 bridgehead atoms. The molecule has 2 heterocycles. The van der Waals surface area contributed by atoms with E-state index in [0.717, 1.165) is 45.5 Å². The third kappa shape index (κ3) is 3.41. The molecular weight excluding hydrogens is 194 g/mol. The van der Waals surface area contributed by atoms with Gasteiger partial charge in [0.1, 0.15) is 0 Å². The van der Waals surface area contributed by atoms with Crippen LogP contribution in [0.4, 0.5) is 0 Å². The highest BCUT2D eigenvalue weighted by molar-refractivity contribution is 4.74. The van der Waals surface area contributed by atoms with E-state index in [1.807, 2.05) is 0 Å². The zero-order valence-corrected chi connectivity index (χ0v) is 9.19. The van der Waals surface area contributed by atoms with Gasteiger partial charge in [-0.05, 0) is 25.7 Å². The molecule has 0 aliphatic carbocycles. The molecule has 2 atom stereocenters. The molecule has 2 aliphatic heterocycles. The predicted octanol–water partition coefficient (Wildman–Crippen LogP) is 0.688. The molecule has 2 unspecified atom stereocenters. The van der Waals surface area contributed by atoms with Crippen LogP contribution in [0.1, 0.15) is 25.7 Å². The van der Waals surface area contributed by atoms with Crippen molar-refractivity contribution in [1.82, 2.24) is 0 Å². The molecule has 88 valence electrons. The minimum absolute atomic E-state index is 0.258. The molecule has 2 aliphatic rings. The molecule has 4 heteroatoms. The van der Waals surface area contributed by atoms with Crippen LogP contribution in [0.25, 0.3) is 0 Å². The van der Waals surface area contributed by atoms with Crippen molar-refractivity contribution in [3.63, 3.8) is 0 Å². The third-order valence-electron chi connectivity index (χ3n) is 3.14. The maximum Gasteiger partial charge on any atom is 0.0814 e. The number of nitrogens with two attached hydrogens (primary N) is 1. The molecule has 4 nitrogen and oxygen atoms in total. The van der Waals surface area contributed by atoms with Gasteiger partial charge < -0.3 is 19.9 Å². The summed E-state index contributed by atoms with van der Waals surface area (Å²) in [6.45, 7) is 3.03. The van der Waals surface area contributed by atoms with Crippen molar-refractivity contribution in [3.05, 3.63) is 0 Å². The second-order valence-corrected chi connectivity index (χ2v) is 4.34. The topological polar surface area (TPSA) is 53.7 Å². The summed E-state index contributed by atoms with van der Waals surface area (Å²) in [5.41, 5.74) is 5.55. The van der Waals surface area contributed by atoms with Crippen molar-refractivity contribution in [1.29, 1.82) is 0 Å². The number of rotatable bonds is 4. The van der Waals surface area contributed by atoms with E-state index in [9.17, 15) is 0 Å². The van der Waals surface area contributed by atoms with Crippen molar-refractivity contribution in [2.45, 2.75) is 44.0 Å². The van der Waals surface area contributed by atoms with E-state index in [4.69, 9.17) is 19.9 Å². The molecule has 15 heavy (non-hydrogen) atoms. The summed E-state index contributed by atoms with van der Waals surface area (Å²) in [5.74, 6) is 0. The van der Waals surface area contributed by atoms with Gasteiger partial charge in [-0.25, -0.2) is 0 Å². The molecule has 2 N–H and O–H groups in total. The Bertz CT molecular complexity index is 183. The Balaban J connectivity index is 1.61. The van der Waals surface area contributed by atoms with Gasteiger partial charge in [-0.15, -0.1) is 0 Å². The van der Waals surface area contributed by atoms with Gasteiger partial charge in [0, 0.05) is 19.8 Å². The fourth-order valence-corrected chi connectivity index (χ4v) is 2.16. The third-order valence-corrected chi connectivity index (χ3v) is 3.14. The van der Waals surface area contributed by atoms with Gasteiger partial charge in [0.15, 0.2) is 0 Å². The number of hydrogen-bond donors (Lipinski definition) is 1. The Morgan fingerprint density at radius 2 is 1.80 bits per heavy atom.